The highest BCUT2D eigenvalue weighted by Crippen LogP contribution is 1.91. The molecule has 0 saturated carbocycles. The monoisotopic (exact) mass is 128 g/mol. The van der Waals surface area contributed by atoms with E-state index in [2.05, 4.69) is 9.89 Å². The fraction of sp³-hybridized carbons (Fsp3) is 0.833. The topological polar surface area (TPSA) is 24.8 Å². The Hall–Kier alpha value is -0.570. The Morgan fingerprint density at radius 1 is 1.44 bits per heavy atom. The molecule has 1 aliphatic rings. The van der Waals surface area contributed by atoms with Gasteiger partial charge in [0.1, 0.15) is 0 Å². The number of ether oxygens (including phenoxy) is 1. The minimum absolute atomic E-state index is 0.839. The first kappa shape index (κ1) is 6.55. The number of rotatable bonds is 1. The van der Waals surface area contributed by atoms with Gasteiger partial charge in [0.2, 0.25) is 0 Å². The van der Waals surface area contributed by atoms with Crippen molar-refractivity contribution in [1.29, 1.82) is 0 Å². The van der Waals surface area contributed by atoms with E-state index in [1.807, 2.05) is 6.34 Å². The highest BCUT2D eigenvalue weighted by Gasteiger charge is 2.04. The van der Waals surface area contributed by atoms with E-state index < -0.39 is 0 Å². The quantitative estimate of drug-likeness (QED) is 0.366. The maximum atomic E-state index is 5.14. The van der Waals surface area contributed by atoms with Crippen molar-refractivity contribution in [1.82, 2.24) is 4.90 Å². The third-order valence-corrected chi connectivity index (χ3v) is 1.32. The molecule has 52 valence electrons. The first-order valence-corrected chi connectivity index (χ1v) is 3.17. The lowest BCUT2D eigenvalue weighted by molar-refractivity contribution is 0.0700. The molecule has 0 N–H and O–H groups in total. The van der Waals surface area contributed by atoms with Crippen molar-refractivity contribution in [2.45, 2.75) is 0 Å². The van der Waals surface area contributed by atoms with Gasteiger partial charge in [0, 0.05) is 20.1 Å². The molecule has 0 aromatic heterocycles. The van der Waals surface area contributed by atoms with Gasteiger partial charge in [-0.15, -0.1) is 0 Å². The molecule has 1 heterocycles. The summed E-state index contributed by atoms with van der Waals surface area (Å²) in [6.07, 6.45) is 1.86. The number of nitrogens with zero attached hydrogens (tertiary/aromatic N) is 2. The highest BCUT2D eigenvalue weighted by atomic mass is 16.5. The summed E-state index contributed by atoms with van der Waals surface area (Å²) in [5, 5.41) is 0. The van der Waals surface area contributed by atoms with Gasteiger partial charge in [0.25, 0.3) is 0 Å². The predicted molar refractivity (Wildman–Crippen MR) is 36.8 cm³/mol. The van der Waals surface area contributed by atoms with E-state index >= 15 is 0 Å². The highest BCUT2D eigenvalue weighted by molar-refractivity contribution is 5.54. The Balaban J connectivity index is 2.23. The lowest BCUT2D eigenvalue weighted by atomic mass is 10.5. The van der Waals surface area contributed by atoms with E-state index in [0.717, 1.165) is 26.3 Å². The molecule has 0 aliphatic carbocycles. The van der Waals surface area contributed by atoms with Gasteiger partial charge < -0.3 is 9.64 Å². The predicted octanol–water partition coefficient (Wildman–Crippen LogP) is -0.0233. The maximum Gasteiger partial charge on any atom is 0.0847 e. The molecule has 0 radical (unpaired) electrons. The van der Waals surface area contributed by atoms with E-state index in [4.69, 9.17) is 4.74 Å². The van der Waals surface area contributed by atoms with Crippen molar-refractivity contribution in [2.75, 3.05) is 33.4 Å². The third-order valence-electron chi connectivity index (χ3n) is 1.32. The second-order valence-electron chi connectivity index (χ2n) is 2.02. The molecule has 0 atom stereocenters. The SMILES string of the molecule is CN=CN1CCOCC1. The molecule has 0 aromatic rings. The van der Waals surface area contributed by atoms with Crippen LogP contribution in [0.3, 0.4) is 0 Å². The van der Waals surface area contributed by atoms with Crippen LogP contribution < -0.4 is 0 Å². The second-order valence-corrected chi connectivity index (χ2v) is 2.02. The molecule has 1 fully saturated rings. The summed E-state index contributed by atoms with van der Waals surface area (Å²) in [6.45, 7) is 3.65. The second kappa shape index (κ2) is 3.45. The summed E-state index contributed by atoms with van der Waals surface area (Å²) in [5.41, 5.74) is 0. The molecule has 0 bridgehead atoms. The van der Waals surface area contributed by atoms with Crippen LogP contribution in [-0.2, 0) is 4.74 Å². The van der Waals surface area contributed by atoms with Gasteiger partial charge in [-0.1, -0.05) is 0 Å². The molecule has 0 unspecified atom stereocenters. The summed E-state index contributed by atoms with van der Waals surface area (Å²) >= 11 is 0. The summed E-state index contributed by atoms with van der Waals surface area (Å²) in [7, 11) is 1.79. The van der Waals surface area contributed by atoms with E-state index in [0.29, 0.717) is 0 Å². The minimum atomic E-state index is 0.839. The van der Waals surface area contributed by atoms with E-state index in [-0.39, 0.29) is 0 Å². The first-order chi connectivity index (χ1) is 4.43. The zero-order valence-electron chi connectivity index (χ0n) is 5.71. The summed E-state index contributed by atoms with van der Waals surface area (Å²) in [5.74, 6) is 0. The first-order valence-electron chi connectivity index (χ1n) is 3.17. The molecule has 1 rings (SSSR count). The summed E-state index contributed by atoms with van der Waals surface area (Å²) < 4.78 is 5.14. The van der Waals surface area contributed by atoms with Gasteiger partial charge in [-0.3, -0.25) is 4.99 Å². The van der Waals surface area contributed by atoms with Crippen LogP contribution in [0.25, 0.3) is 0 Å². The van der Waals surface area contributed by atoms with Gasteiger partial charge >= 0.3 is 0 Å². The van der Waals surface area contributed by atoms with Crippen LogP contribution >= 0.6 is 0 Å². The Bertz CT molecular complexity index is 97.2. The number of aliphatic imine (C=N–C) groups is 1. The van der Waals surface area contributed by atoms with Crippen molar-refractivity contribution in [3.63, 3.8) is 0 Å². The van der Waals surface area contributed by atoms with Gasteiger partial charge in [-0.2, -0.15) is 0 Å². The van der Waals surface area contributed by atoms with Crippen LogP contribution in [0.15, 0.2) is 4.99 Å². The molecule has 1 aliphatic heterocycles. The smallest absolute Gasteiger partial charge is 0.0847 e. The maximum absolute atomic E-state index is 5.14. The Labute approximate surface area is 55.3 Å². The Kier molecular flexibility index (Phi) is 2.51. The zero-order valence-corrected chi connectivity index (χ0v) is 5.71. The van der Waals surface area contributed by atoms with Crippen molar-refractivity contribution in [2.24, 2.45) is 4.99 Å². The van der Waals surface area contributed by atoms with E-state index in [1.54, 1.807) is 7.05 Å². The number of hydrogen-bond acceptors (Lipinski definition) is 2. The van der Waals surface area contributed by atoms with Crippen molar-refractivity contribution >= 4 is 6.34 Å². The van der Waals surface area contributed by atoms with Crippen LogP contribution in [0.5, 0.6) is 0 Å². The van der Waals surface area contributed by atoms with E-state index in [1.165, 1.54) is 0 Å². The van der Waals surface area contributed by atoms with Gasteiger partial charge in [-0.25, -0.2) is 0 Å². The zero-order chi connectivity index (χ0) is 6.53. The van der Waals surface area contributed by atoms with Crippen LogP contribution in [0, 0.1) is 0 Å². The molecule has 9 heavy (non-hydrogen) atoms. The van der Waals surface area contributed by atoms with Crippen LogP contribution in [0.4, 0.5) is 0 Å². The number of morpholine rings is 1. The van der Waals surface area contributed by atoms with Crippen molar-refractivity contribution in [3.8, 4) is 0 Å². The van der Waals surface area contributed by atoms with Gasteiger partial charge in [-0.05, 0) is 0 Å². The Morgan fingerprint density at radius 3 is 2.67 bits per heavy atom. The fourth-order valence-electron chi connectivity index (χ4n) is 0.856. The number of hydrogen-bond donors (Lipinski definition) is 0. The van der Waals surface area contributed by atoms with Crippen LogP contribution in [0.1, 0.15) is 0 Å². The minimum Gasteiger partial charge on any atom is -0.378 e. The average molecular weight is 128 g/mol. The molecule has 3 heteroatoms. The normalized spacial score (nSPS) is 21.2. The van der Waals surface area contributed by atoms with Crippen LogP contribution in [-0.4, -0.2) is 44.6 Å². The van der Waals surface area contributed by atoms with Crippen molar-refractivity contribution in [3.05, 3.63) is 0 Å². The largest absolute Gasteiger partial charge is 0.378 e. The van der Waals surface area contributed by atoms with Gasteiger partial charge in [0.05, 0.1) is 19.6 Å². The third kappa shape index (κ3) is 2.01. The van der Waals surface area contributed by atoms with E-state index in [9.17, 15) is 0 Å². The van der Waals surface area contributed by atoms with Crippen LogP contribution in [0.2, 0.25) is 0 Å². The summed E-state index contributed by atoms with van der Waals surface area (Å²) in [6, 6.07) is 0. The molecule has 1 saturated heterocycles. The fourth-order valence-corrected chi connectivity index (χ4v) is 0.856. The molecule has 0 amide bonds. The van der Waals surface area contributed by atoms with Gasteiger partial charge in [0.15, 0.2) is 0 Å². The Morgan fingerprint density at radius 2 is 2.11 bits per heavy atom. The lowest BCUT2D eigenvalue weighted by Crippen LogP contribution is -2.34. The summed E-state index contributed by atoms with van der Waals surface area (Å²) in [4.78, 5) is 6.06. The molecule has 3 nitrogen and oxygen atoms in total. The molecular weight excluding hydrogens is 116 g/mol. The van der Waals surface area contributed by atoms with Crippen molar-refractivity contribution < 1.29 is 4.74 Å². The average Bonchev–Trinajstić information content (AvgIpc) is 1.91. The lowest BCUT2D eigenvalue weighted by Gasteiger charge is -2.23. The standard InChI is InChI=1S/C6H12N2O/c1-7-6-8-2-4-9-5-3-8/h6H,2-5H2,1H3. The molecule has 0 aromatic carbocycles. The molecule has 0 spiro atoms. The molecular formula is C6H12N2O.